The second-order valence-corrected chi connectivity index (χ2v) is 5.46. The molecule has 0 unspecified atom stereocenters. The summed E-state index contributed by atoms with van der Waals surface area (Å²) >= 11 is 12.0. The standard InChI is InChI=1S/C15H18Cl2N2O2/c1-3-13-15(14(4-2)19(18-13)5-6-20)21-12-8-10(16)7-11(17)9-12/h7-9,20H,3-6H2,1-2H3. The number of nitrogens with zero attached hydrogens (tertiary/aromatic N) is 2. The minimum Gasteiger partial charge on any atom is -0.453 e. The van der Waals surface area contributed by atoms with Crippen LogP contribution in [-0.4, -0.2) is 21.5 Å². The van der Waals surface area contributed by atoms with Crippen molar-refractivity contribution in [2.45, 2.75) is 33.2 Å². The fourth-order valence-electron chi connectivity index (χ4n) is 2.21. The minimum absolute atomic E-state index is 0.0419. The van der Waals surface area contributed by atoms with Crippen LogP contribution in [0.3, 0.4) is 0 Å². The quantitative estimate of drug-likeness (QED) is 0.868. The monoisotopic (exact) mass is 328 g/mol. The normalized spacial score (nSPS) is 10.9. The molecule has 0 fully saturated rings. The van der Waals surface area contributed by atoms with E-state index in [0.717, 1.165) is 30.0 Å². The van der Waals surface area contributed by atoms with Gasteiger partial charge in [0.25, 0.3) is 0 Å². The van der Waals surface area contributed by atoms with Gasteiger partial charge >= 0.3 is 0 Å². The molecule has 0 bridgehead atoms. The lowest BCUT2D eigenvalue weighted by molar-refractivity contribution is 0.267. The number of aliphatic hydroxyl groups excluding tert-OH is 1. The Morgan fingerprint density at radius 2 is 1.81 bits per heavy atom. The van der Waals surface area contributed by atoms with E-state index in [2.05, 4.69) is 5.10 Å². The van der Waals surface area contributed by atoms with Crippen molar-refractivity contribution in [1.82, 2.24) is 9.78 Å². The van der Waals surface area contributed by atoms with Crippen LogP contribution in [0.15, 0.2) is 18.2 Å². The molecular weight excluding hydrogens is 311 g/mol. The fourth-order valence-corrected chi connectivity index (χ4v) is 2.72. The Morgan fingerprint density at radius 3 is 2.33 bits per heavy atom. The third kappa shape index (κ3) is 3.70. The highest BCUT2D eigenvalue weighted by Crippen LogP contribution is 2.33. The Hall–Kier alpha value is -1.23. The zero-order valence-corrected chi connectivity index (χ0v) is 13.6. The van der Waals surface area contributed by atoms with E-state index in [1.807, 2.05) is 13.8 Å². The van der Waals surface area contributed by atoms with Crippen LogP contribution >= 0.6 is 23.2 Å². The van der Waals surface area contributed by atoms with Crippen LogP contribution in [0.25, 0.3) is 0 Å². The van der Waals surface area contributed by atoms with E-state index in [1.54, 1.807) is 22.9 Å². The number of benzene rings is 1. The third-order valence-electron chi connectivity index (χ3n) is 3.11. The number of aryl methyl sites for hydroxylation is 1. The highest BCUT2D eigenvalue weighted by molar-refractivity contribution is 6.34. The first-order chi connectivity index (χ1) is 10.1. The maximum Gasteiger partial charge on any atom is 0.171 e. The summed E-state index contributed by atoms with van der Waals surface area (Å²) < 4.78 is 7.77. The Morgan fingerprint density at radius 1 is 1.14 bits per heavy atom. The van der Waals surface area contributed by atoms with Crippen molar-refractivity contribution in [3.05, 3.63) is 39.6 Å². The first-order valence-corrected chi connectivity index (χ1v) is 7.68. The van der Waals surface area contributed by atoms with Gasteiger partial charge in [-0.3, -0.25) is 4.68 Å². The van der Waals surface area contributed by atoms with Gasteiger partial charge in [-0.1, -0.05) is 37.0 Å². The Balaban J connectivity index is 2.41. The van der Waals surface area contributed by atoms with Crippen LogP contribution in [0.2, 0.25) is 10.0 Å². The fraction of sp³-hybridized carbons (Fsp3) is 0.400. The molecule has 0 aliphatic heterocycles. The average Bonchev–Trinajstić information content (AvgIpc) is 2.75. The van der Waals surface area contributed by atoms with Crippen molar-refractivity contribution in [2.24, 2.45) is 0 Å². The summed E-state index contributed by atoms with van der Waals surface area (Å²) in [5, 5.41) is 14.7. The lowest BCUT2D eigenvalue weighted by atomic mass is 10.2. The van der Waals surface area contributed by atoms with Gasteiger partial charge in [-0.2, -0.15) is 5.10 Å². The molecule has 1 N–H and O–H groups in total. The highest BCUT2D eigenvalue weighted by atomic mass is 35.5. The highest BCUT2D eigenvalue weighted by Gasteiger charge is 2.18. The largest absolute Gasteiger partial charge is 0.453 e. The van der Waals surface area contributed by atoms with Crippen molar-refractivity contribution in [2.75, 3.05) is 6.61 Å². The van der Waals surface area contributed by atoms with Crippen LogP contribution in [0.4, 0.5) is 0 Å². The molecule has 2 aromatic rings. The molecule has 1 heterocycles. The number of hydrogen-bond acceptors (Lipinski definition) is 3. The predicted octanol–water partition coefficient (Wildman–Crippen LogP) is 4.10. The van der Waals surface area contributed by atoms with Gasteiger partial charge in [0.2, 0.25) is 0 Å². The summed E-state index contributed by atoms with van der Waals surface area (Å²) in [6.45, 7) is 4.54. The van der Waals surface area contributed by atoms with Crippen LogP contribution in [-0.2, 0) is 19.4 Å². The molecule has 21 heavy (non-hydrogen) atoms. The first-order valence-electron chi connectivity index (χ1n) is 6.92. The van der Waals surface area contributed by atoms with Gasteiger partial charge < -0.3 is 9.84 Å². The summed E-state index contributed by atoms with van der Waals surface area (Å²) in [5.74, 6) is 1.31. The van der Waals surface area contributed by atoms with Gasteiger partial charge in [0.05, 0.1) is 18.8 Å². The van der Waals surface area contributed by atoms with Crippen molar-refractivity contribution >= 4 is 23.2 Å². The maximum atomic E-state index is 9.14. The second-order valence-electron chi connectivity index (χ2n) is 4.58. The van der Waals surface area contributed by atoms with E-state index >= 15 is 0 Å². The Labute approximate surface area is 134 Å². The van der Waals surface area contributed by atoms with E-state index in [9.17, 15) is 0 Å². The maximum absolute atomic E-state index is 9.14. The average molecular weight is 329 g/mol. The molecule has 6 heteroatoms. The first kappa shape index (κ1) is 16.1. The number of rotatable bonds is 6. The van der Waals surface area contributed by atoms with Gasteiger partial charge in [-0.25, -0.2) is 0 Å². The van der Waals surface area contributed by atoms with Gasteiger partial charge in [0.1, 0.15) is 11.4 Å². The summed E-state index contributed by atoms with van der Waals surface area (Å²) in [6, 6.07) is 5.10. The van der Waals surface area contributed by atoms with Gasteiger partial charge in [-0.15, -0.1) is 0 Å². The molecule has 4 nitrogen and oxygen atoms in total. The Bertz CT molecular complexity index is 606. The number of halogens is 2. The SMILES string of the molecule is CCc1nn(CCO)c(CC)c1Oc1cc(Cl)cc(Cl)c1. The van der Waals surface area contributed by atoms with Crippen molar-refractivity contribution in [3.8, 4) is 11.5 Å². The van der Waals surface area contributed by atoms with E-state index in [0.29, 0.717) is 22.3 Å². The molecular formula is C15H18Cl2N2O2. The lowest BCUT2D eigenvalue weighted by Gasteiger charge is -2.09. The van der Waals surface area contributed by atoms with Gasteiger partial charge in [0.15, 0.2) is 5.75 Å². The molecule has 0 atom stereocenters. The number of aliphatic hydroxyl groups is 1. The number of ether oxygens (including phenoxy) is 1. The second kappa shape index (κ2) is 7.16. The zero-order valence-electron chi connectivity index (χ0n) is 12.1. The molecule has 0 radical (unpaired) electrons. The molecule has 0 spiro atoms. The Kier molecular flexibility index (Phi) is 5.51. The summed E-state index contributed by atoms with van der Waals surface area (Å²) in [4.78, 5) is 0. The molecule has 0 aliphatic rings. The van der Waals surface area contributed by atoms with Crippen molar-refractivity contribution in [1.29, 1.82) is 0 Å². The van der Waals surface area contributed by atoms with Crippen LogP contribution < -0.4 is 4.74 Å². The molecule has 2 rings (SSSR count). The molecule has 0 aliphatic carbocycles. The van der Waals surface area contributed by atoms with Crippen LogP contribution in [0, 0.1) is 0 Å². The number of hydrogen-bond donors (Lipinski definition) is 1. The molecule has 114 valence electrons. The number of aromatic nitrogens is 2. The molecule has 0 saturated heterocycles. The predicted molar refractivity (Wildman–Crippen MR) is 84.6 cm³/mol. The van der Waals surface area contributed by atoms with E-state index in [1.165, 1.54) is 0 Å². The third-order valence-corrected chi connectivity index (χ3v) is 3.55. The summed E-state index contributed by atoms with van der Waals surface area (Å²) in [7, 11) is 0. The topological polar surface area (TPSA) is 47.3 Å². The molecule has 0 amide bonds. The van der Waals surface area contributed by atoms with Gasteiger partial charge in [0, 0.05) is 10.0 Å². The molecule has 1 aromatic heterocycles. The molecule has 1 aromatic carbocycles. The summed E-state index contributed by atoms with van der Waals surface area (Å²) in [6.07, 6.45) is 1.51. The van der Waals surface area contributed by atoms with E-state index in [4.69, 9.17) is 33.0 Å². The van der Waals surface area contributed by atoms with Crippen LogP contribution in [0.5, 0.6) is 11.5 Å². The minimum atomic E-state index is 0.0419. The smallest absolute Gasteiger partial charge is 0.171 e. The molecule has 0 saturated carbocycles. The van der Waals surface area contributed by atoms with Gasteiger partial charge in [-0.05, 0) is 31.0 Å². The van der Waals surface area contributed by atoms with Crippen molar-refractivity contribution < 1.29 is 9.84 Å². The summed E-state index contributed by atoms with van der Waals surface area (Å²) in [5.41, 5.74) is 1.81. The lowest BCUT2D eigenvalue weighted by Crippen LogP contribution is -2.07. The zero-order chi connectivity index (χ0) is 15.4. The van der Waals surface area contributed by atoms with Crippen LogP contribution in [0.1, 0.15) is 25.2 Å². The van der Waals surface area contributed by atoms with Crippen molar-refractivity contribution in [3.63, 3.8) is 0 Å². The van der Waals surface area contributed by atoms with E-state index < -0.39 is 0 Å². The van der Waals surface area contributed by atoms with E-state index in [-0.39, 0.29) is 6.61 Å².